The monoisotopic (exact) mass is 392 g/mol. The Kier molecular flexibility index (Phi) is 5.37. The van der Waals surface area contributed by atoms with E-state index in [2.05, 4.69) is 0 Å². The van der Waals surface area contributed by atoms with Crippen LogP contribution in [-0.4, -0.2) is 57.7 Å². The zero-order valence-corrected chi connectivity index (χ0v) is 13.3. The van der Waals surface area contributed by atoms with Gasteiger partial charge in [-0.2, -0.15) is 30.6 Å². The number of nitrogens with one attached hydrogen (secondary N) is 1. The number of nitrogens with zero attached hydrogens (tertiary/aromatic N) is 1. The number of hydrogen-bond donors (Lipinski definition) is 1. The number of rotatable bonds is 6. The summed E-state index contributed by atoms with van der Waals surface area (Å²) in [4.78, 5) is 0. The smallest absolute Gasteiger partial charge is 0.213 e. The SMILES string of the molecule is CNS(=O)(=O)C(F)(F)C(F)(F)C(F)(F)S(=O)(=O)N1CCCCC1. The van der Waals surface area contributed by atoms with Crippen LogP contribution < -0.4 is 4.72 Å². The van der Waals surface area contributed by atoms with Crippen LogP contribution in [0.15, 0.2) is 0 Å². The molecular formula is C9H14F6N2O4S2. The van der Waals surface area contributed by atoms with Crippen LogP contribution in [0.3, 0.4) is 0 Å². The van der Waals surface area contributed by atoms with E-state index in [-0.39, 0.29) is 17.1 Å². The van der Waals surface area contributed by atoms with E-state index < -0.39 is 49.6 Å². The van der Waals surface area contributed by atoms with Crippen LogP contribution >= 0.6 is 0 Å². The minimum absolute atomic E-state index is 0.0352. The highest BCUT2D eigenvalue weighted by Crippen LogP contribution is 2.51. The lowest BCUT2D eigenvalue weighted by Crippen LogP contribution is -2.64. The molecule has 0 spiro atoms. The van der Waals surface area contributed by atoms with Crippen molar-refractivity contribution in [3.05, 3.63) is 0 Å². The van der Waals surface area contributed by atoms with Gasteiger partial charge in [0, 0.05) is 13.1 Å². The molecule has 1 N–H and O–H groups in total. The minimum atomic E-state index is -6.68. The first-order chi connectivity index (χ1) is 10.2. The normalized spacial score (nSPS) is 19.8. The van der Waals surface area contributed by atoms with E-state index in [1.165, 1.54) is 0 Å². The van der Waals surface area contributed by atoms with Crippen LogP contribution in [0.25, 0.3) is 0 Å². The number of sulfonamides is 2. The van der Waals surface area contributed by atoms with Gasteiger partial charge < -0.3 is 0 Å². The molecule has 14 heteroatoms. The lowest BCUT2D eigenvalue weighted by molar-refractivity contribution is -0.245. The molecule has 23 heavy (non-hydrogen) atoms. The summed E-state index contributed by atoms with van der Waals surface area (Å²) < 4.78 is 127. The third-order valence-electron chi connectivity index (χ3n) is 3.32. The van der Waals surface area contributed by atoms with Crippen molar-refractivity contribution in [2.24, 2.45) is 0 Å². The van der Waals surface area contributed by atoms with Crippen molar-refractivity contribution in [2.45, 2.75) is 35.7 Å². The van der Waals surface area contributed by atoms with E-state index in [9.17, 15) is 43.2 Å². The molecule has 0 aromatic carbocycles. The van der Waals surface area contributed by atoms with Gasteiger partial charge in [-0.3, -0.25) is 0 Å². The molecular weight excluding hydrogens is 378 g/mol. The lowest BCUT2D eigenvalue weighted by Gasteiger charge is -2.35. The molecule has 0 bridgehead atoms. The fourth-order valence-corrected chi connectivity index (χ4v) is 4.20. The average Bonchev–Trinajstić information content (AvgIpc) is 2.47. The Bertz CT molecular complexity index is 643. The minimum Gasteiger partial charge on any atom is -0.213 e. The molecule has 0 atom stereocenters. The van der Waals surface area contributed by atoms with Crippen molar-refractivity contribution >= 4 is 20.0 Å². The van der Waals surface area contributed by atoms with Gasteiger partial charge in [0.05, 0.1) is 0 Å². The number of alkyl halides is 6. The maximum atomic E-state index is 13.8. The van der Waals surface area contributed by atoms with E-state index in [4.69, 9.17) is 0 Å². The van der Waals surface area contributed by atoms with E-state index in [1.54, 1.807) is 0 Å². The van der Waals surface area contributed by atoms with Gasteiger partial charge in [-0.25, -0.2) is 21.6 Å². The van der Waals surface area contributed by atoms with Crippen molar-refractivity contribution in [1.82, 2.24) is 9.03 Å². The summed E-state index contributed by atoms with van der Waals surface area (Å²) in [5, 5.41) is -12.7. The molecule has 1 heterocycles. The van der Waals surface area contributed by atoms with Gasteiger partial charge in [0.2, 0.25) is 0 Å². The zero-order chi connectivity index (χ0) is 18.3. The average molecular weight is 392 g/mol. The third kappa shape index (κ3) is 2.93. The second kappa shape index (κ2) is 6.04. The van der Waals surface area contributed by atoms with Crippen molar-refractivity contribution in [1.29, 1.82) is 0 Å². The standard InChI is InChI=1S/C9H14F6N2O4S2/c1-16-22(18,19)8(12,13)7(10,11)9(14,15)23(20,21)17-5-3-2-4-6-17/h16H,2-6H2,1H3. The van der Waals surface area contributed by atoms with Crippen LogP contribution in [0, 0.1) is 0 Å². The van der Waals surface area contributed by atoms with Crippen LogP contribution in [-0.2, 0) is 20.0 Å². The lowest BCUT2D eigenvalue weighted by atomic mass is 10.2. The molecule has 1 aliphatic rings. The molecule has 0 radical (unpaired) electrons. The first-order valence-corrected chi connectivity index (χ1v) is 9.15. The maximum absolute atomic E-state index is 13.8. The molecule has 0 aromatic rings. The van der Waals surface area contributed by atoms with Crippen LogP contribution in [0.4, 0.5) is 26.3 Å². The molecule has 1 fully saturated rings. The van der Waals surface area contributed by atoms with Crippen molar-refractivity contribution < 1.29 is 43.2 Å². The number of hydrogen-bond acceptors (Lipinski definition) is 4. The predicted octanol–water partition coefficient (Wildman–Crippen LogP) is 1.17. The Morgan fingerprint density at radius 3 is 1.65 bits per heavy atom. The second-order valence-corrected chi connectivity index (χ2v) is 8.69. The molecule has 0 aromatic heterocycles. The summed E-state index contributed by atoms with van der Waals surface area (Å²) in [5.41, 5.74) is 0. The molecule has 1 aliphatic heterocycles. The van der Waals surface area contributed by atoms with Crippen LogP contribution in [0.1, 0.15) is 19.3 Å². The van der Waals surface area contributed by atoms with E-state index in [0.717, 1.165) is 4.72 Å². The van der Waals surface area contributed by atoms with E-state index in [0.29, 0.717) is 13.5 Å². The fourth-order valence-electron chi connectivity index (χ4n) is 1.90. The van der Waals surface area contributed by atoms with E-state index in [1.807, 2.05) is 0 Å². The predicted molar refractivity (Wildman–Crippen MR) is 67.2 cm³/mol. The summed E-state index contributed by atoms with van der Waals surface area (Å²) in [6, 6.07) is 0. The van der Waals surface area contributed by atoms with Crippen LogP contribution in [0.2, 0.25) is 0 Å². The van der Waals surface area contributed by atoms with Gasteiger partial charge in [0.15, 0.2) is 0 Å². The largest absolute Gasteiger partial charge is 0.428 e. The van der Waals surface area contributed by atoms with Gasteiger partial charge in [-0.15, -0.1) is 0 Å². The molecule has 0 aliphatic carbocycles. The molecule has 0 amide bonds. The second-order valence-electron chi connectivity index (χ2n) is 4.78. The third-order valence-corrected chi connectivity index (χ3v) is 6.73. The summed E-state index contributed by atoms with van der Waals surface area (Å²) >= 11 is 0. The number of piperidine rings is 1. The summed E-state index contributed by atoms with van der Waals surface area (Å²) in [6.45, 7) is -1.09. The molecule has 6 nitrogen and oxygen atoms in total. The topological polar surface area (TPSA) is 83.5 Å². The highest BCUT2D eigenvalue weighted by molar-refractivity contribution is 7.91. The summed E-state index contributed by atoms with van der Waals surface area (Å²) in [7, 11) is -12.1. The Balaban J connectivity index is 3.39. The molecule has 138 valence electrons. The molecule has 0 saturated carbocycles. The Morgan fingerprint density at radius 2 is 1.26 bits per heavy atom. The van der Waals surface area contributed by atoms with Crippen molar-refractivity contribution in [3.63, 3.8) is 0 Å². The summed E-state index contributed by atoms with van der Waals surface area (Å²) in [5.74, 6) is -6.68. The maximum Gasteiger partial charge on any atom is 0.428 e. The highest BCUT2D eigenvalue weighted by atomic mass is 32.2. The quantitative estimate of drug-likeness (QED) is 0.688. The van der Waals surface area contributed by atoms with Crippen molar-refractivity contribution in [3.8, 4) is 0 Å². The molecule has 0 unspecified atom stereocenters. The van der Waals surface area contributed by atoms with Gasteiger partial charge >= 0.3 is 16.4 Å². The molecule has 1 saturated heterocycles. The van der Waals surface area contributed by atoms with E-state index >= 15 is 0 Å². The Labute approximate surface area is 128 Å². The van der Waals surface area contributed by atoms with Crippen molar-refractivity contribution in [2.75, 3.05) is 20.1 Å². The van der Waals surface area contributed by atoms with Gasteiger partial charge in [0.1, 0.15) is 0 Å². The highest BCUT2D eigenvalue weighted by Gasteiger charge is 2.82. The molecule has 1 rings (SSSR count). The van der Waals surface area contributed by atoms with Gasteiger partial charge in [-0.05, 0) is 19.9 Å². The van der Waals surface area contributed by atoms with Gasteiger partial charge in [-0.1, -0.05) is 6.42 Å². The summed E-state index contributed by atoms with van der Waals surface area (Å²) in [6.07, 6.45) is 0.635. The first-order valence-electron chi connectivity index (χ1n) is 6.23. The zero-order valence-electron chi connectivity index (χ0n) is 11.7. The number of halogens is 6. The fraction of sp³-hybridized carbons (Fsp3) is 1.00. The first kappa shape index (κ1) is 20.4. The van der Waals surface area contributed by atoms with Crippen LogP contribution in [0.5, 0.6) is 0 Å². The Hall–Kier alpha value is -0.600. The Morgan fingerprint density at radius 1 is 0.826 bits per heavy atom. The van der Waals surface area contributed by atoms with Gasteiger partial charge in [0.25, 0.3) is 20.0 Å².